The number of aryl methyl sites for hydroxylation is 1. The number of nitrogens with zero attached hydrogens (tertiary/aromatic N) is 4. The highest BCUT2D eigenvalue weighted by Gasteiger charge is 2.17. The molecule has 3 aromatic carbocycles. The number of carbonyl (C=O) groups is 1. The number of carbonyl (C=O) groups excluding carboxylic acids is 1. The summed E-state index contributed by atoms with van der Waals surface area (Å²) in [4.78, 5) is 13.2. The van der Waals surface area contributed by atoms with Crippen LogP contribution in [-0.4, -0.2) is 31.1 Å². The van der Waals surface area contributed by atoms with Gasteiger partial charge in [0.15, 0.2) is 5.82 Å². The highest BCUT2D eigenvalue weighted by atomic mass is 79.9. The summed E-state index contributed by atoms with van der Waals surface area (Å²) in [5.74, 6) is 0.966. The fourth-order valence-corrected chi connectivity index (χ4v) is 4.00. The SMILES string of the molecule is Cn1c(C(=O)Nc2ccc(Br)cc2-c2nnn[nH]2)cc2ccc(OCc3ccccc3)cc21. The van der Waals surface area contributed by atoms with E-state index < -0.39 is 0 Å². The van der Waals surface area contributed by atoms with Gasteiger partial charge in [-0.15, -0.1) is 5.10 Å². The Labute approximate surface area is 197 Å². The minimum Gasteiger partial charge on any atom is -0.489 e. The molecule has 0 saturated carbocycles. The normalized spacial score (nSPS) is 11.0. The Morgan fingerprint density at radius 1 is 1.09 bits per heavy atom. The van der Waals surface area contributed by atoms with Gasteiger partial charge in [0.25, 0.3) is 5.91 Å². The number of fused-ring (bicyclic) bond motifs is 1. The van der Waals surface area contributed by atoms with Crippen molar-refractivity contribution in [2.24, 2.45) is 7.05 Å². The summed E-state index contributed by atoms with van der Waals surface area (Å²) < 4.78 is 8.65. The van der Waals surface area contributed by atoms with Gasteiger partial charge in [-0.2, -0.15) is 0 Å². The molecule has 0 spiro atoms. The minimum absolute atomic E-state index is 0.239. The Morgan fingerprint density at radius 3 is 2.73 bits per heavy atom. The smallest absolute Gasteiger partial charge is 0.272 e. The Bertz CT molecular complexity index is 1430. The fourth-order valence-electron chi connectivity index (χ4n) is 3.64. The molecule has 0 aliphatic heterocycles. The number of aromatic nitrogens is 5. The molecule has 2 aromatic heterocycles. The Kier molecular flexibility index (Phi) is 5.62. The van der Waals surface area contributed by atoms with E-state index in [9.17, 15) is 4.79 Å². The maximum absolute atomic E-state index is 13.2. The van der Waals surface area contributed by atoms with Crippen LogP contribution in [0.5, 0.6) is 5.75 Å². The molecule has 5 aromatic rings. The minimum atomic E-state index is -0.239. The molecule has 5 rings (SSSR count). The van der Waals surface area contributed by atoms with Gasteiger partial charge in [-0.05, 0) is 52.4 Å². The van der Waals surface area contributed by atoms with Crippen molar-refractivity contribution in [2.75, 3.05) is 5.32 Å². The van der Waals surface area contributed by atoms with Gasteiger partial charge in [0.1, 0.15) is 18.1 Å². The van der Waals surface area contributed by atoms with Gasteiger partial charge in [0.05, 0.1) is 11.2 Å². The predicted molar refractivity (Wildman–Crippen MR) is 129 cm³/mol. The number of benzene rings is 3. The lowest BCUT2D eigenvalue weighted by molar-refractivity contribution is 0.102. The maximum atomic E-state index is 13.2. The zero-order chi connectivity index (χ0) is 22.8. The number of amides is 1. The summed E-state index contributed by atoms with van der Waals surface area (Å²) in [5.41, 5.74) is 3.80. The summed E-state index contributed by atoms with van der Waals surface area (Å²) in [6.45, 7) is 0.479. The lowest BCUT2D eigenvalue weighted by Gasteiger charge is -2.11. The molecule has 0 radical (unpaired) electrons. The Balaban J connectivity index is 1.40. The number of hydrogen-bond donors (Lipinski definition) is 2. The molecule has 0 aliphatic rings. The summed E-state index contributed by atoms with van der Waals surface area (Å²) in [7, 11) is 1.86. The van der Waals surface area contributed by atoms with E-state index in [4.69, 9.17) is 4.74 Å². The zero-order valence-electron chi connectivity index (χ0n) is 17.6. The third-order valence-corrected chi connectivity index (χ3v) is 5.82. The number of H-pyrrole nitrogens is 1. The number of tetrazole rings is 1. The number of aromatic amines is 1. The summed E-state index contributed by atoms with van der Waals surface area (Å²) in [6.07, 6.45) is 0. The molecule has 0 bridgehead atoms. The monoisotopic (exact) mass is 502 g/mol. The molecule has 8 nitrogen and oxygen atoms in total. The van der Waals surface area contributed by atoms with Crippen LogP contribution in [0.25, 0.3) is 22.3 Å². The Hall–Kier alpha value is -3.98. The second-order valence-corrected chi connectivity index (χ2v) is 8.39. The molecule has 164 valence electrons. The highest BCUT2D eigenvalue weighted by molar-refractivity contribution is 9.10. The maximum Gasteiger partial charge on any atom is 0.272 e. The molecular formula is C24H19BrN6O2. The largest absolute Gasteiger partial charge is 0.489 e. The highest BCUT2D eigenvalue weighted by Crippen LogP contribution is 2.30. The van der Waals surface area contributed by atoms with Gasteiger partial charge in [-0.25, -0.2) is 5.10 Å². The van der Waals surface area contributed by atoms with Crippen LogP contribution >= 0.6 is 15.9 Å². The topological polar surface area (TPSA) is 97.7 Å². The van der Waals surface area contributed by atoms with Crippen molar-refractivity contribution in [2.45, 2.75) is 6.61 Å². The van der Waals surface area contributed by atoms with Gasteiger partial charge >= 0.3 is 0 Å². The summed E-state index contributed by atoms with van der Waals surface area (Å²) in [5, 5.41) is 17.9. The zero-order valence-corrected chi connectivity index (χ0v) is 19.2. The molecule has 0 fully saturated rings. The molecular weight excluding hydrogens is 484 g/mol. The first-order chi connectivity index (χ1) is 16.1. The molecule has 0 saturated heterocycles. The molecule has 0 atom stereocenters. The van der Waals surface area contributed by atoms with E-state index in [-0.39, 0.29) is 5.91 Å². The fraction of sp³-hybridized carbons (Fsp3) is 0.0833. The van der Waals surface area contributed by atoms with E-state index >= 15 is 0 Å². The third-order valence-electron chi connectivity index (χ3n) is 5.33. The van der Waals surface area contributed by atoms with Crippen LogP contribution in [0.2, 0.25) is 0 Å². The van der Waals surface area contributed by atoms with Crippen LogP contribution in [0.1, 0.15) is 16.1 Å². The number of rotatable bonds is 6. The van der Waals surface area contributed by atoms with Gasteiger partial charge in [-0.3, -0.25) is 4.79 Å². The van der Waals surface area contributed by atoms with Crippen molar-refractivity contribution in [3.05, 3.63) is 88.5 Å². The van der Waals surface area contributed by atoms with Gasteiger partial charge in [0, 0.05) is 28.5 Å². The average molecular weight is 503 g/mol. The van der Waals surface area contributed by atoms with E-state index in [0.717, 1.165) is 26.7 Å². The Morgan fingerprint density at radius 2 is 1.94 bits per heavy atom. The first kappa shape index (κ1) is 20.9. The van der Waals surface area contributed by atoms with Crippen molar-refractivity contribution in [3.8, 4) is 17.1 Å². The molecule has 2 N–H and O–H groups in total. The van der Waals surface area contributed by atoms with Crippen LogP contribution in [0.3, 0.4) is 0 Å². The second kappa shape index (κ2) is 8.87. The number of ether oxygens (including phenoxy) is 1. The standard InChI is InChI=1S/C24H19BrN6O2/c1-31-21-13-18(33-14-15-5-3-2-4-6-15)9-7-16(21)11-22(31)24(32)26-20-10-8-17(25)12-19(20)23-27-29-30-28-23/h2-13H,14H2,1H3,(H,26,32)(H,27,28,29,30). The van der Waals surface area contributed by atoms with Crippen molar-refractivity contribution >= 4 is 38.4 Å². The van der Waals surface area contributed by atoms with Gasteiger partial charge in [0.2, 0.25) is 0 Å². The van der Waals surface area contributed by atoms with E-state index in [1.54, 1.807) is 6.07 Å². The van der Waals surface area contributed by atoms with E-state index in [1.807, 2.05) is 78.3 Å². The molecule has 0 aliphatic carbocycles. The average Bonchev–Trinajstić information content (AvgIpc) is 3.48. The van der Waals surface area contributed by atoms with Gasteiger partial charge < -0.3 is 14.6 Å². The quantitative estimate of drug-likeness (QED) is 0.342. The molecule has 9 heteroatoms. The van der Waals surface area contributed by atoms with Crippen molar-refractivity contribution in [3.63, 3.8) is 0 Å². The van der Waals surface area contributed by atoms with Crippen LogP contribution < -0.4 is 10.1 Å². The number of anilines is 1. The van der Waals surface area contributed by atoms with Crippen molar-refractivity contribution in [1.82, 2.24) is 25.2 Å². The lowest BCUT2D eigenvalue weighted by atomic mass is 10.1. The van der Waals surface area contributed by atoms with Crippen LogP contribution in [0.15, 0.2) is 77.3 Å². The van der Waals surface area contributed by atoms with E-state index in [2.05, 4.69) is 41.9 Å². The first-order valence-electron chi connectivity index (χ1n) is 10.2. The van der Waals surface area contributed by atoms with Crippen LogP contribution in [0.4, 0.5) is 5.69 Å². The van der Waals surface area contributed by atoms with Crippen LogP contribution in [0, 0.1) is 0 Å². The van der Waals surface area contributed by atoms with Crippen molar-refractivity contribution in [1.29, 1.82) is 0 Å². The van der Waals surface area contributed by atoms with Crippen molar-refractivity contribution < 1.29 is 9.53 Å². The lowest BCUT2D eigenvalue weighted by Crippen LogP contribution is -2.16. The predicted octanol–water partition coefficient (Wildman–Crippen LogP) is 4.95. The van der Waals surface area contributed by atoms with Gasteiger partial charge in [-0.1, -0.05) is 46.3 Å². The molecule has 2 heterocycles. The summed E-state index contributed by atoms with van der Waals surface area (Å²) in [6, 6.07) is 23.2. The number of hydrogen-bond acceptors (Lipinski definition) is 5. The van der Waals surface area contributed by atoms with E-state index in [0.29, 0.717) is 29.4 Å². The number of halogens is 1. The summed E-state index contributed by atoms with van der Waals surface area (Å²) >= 11 is 3.45. The first-order valence-corrected chi connectivity index (χ1v) is 11.0. The molecule has 33 heavy (non-hydrogen) atoms. The third kappa shape index (κ3) is 4.35. The van der Waals surface area contributed by atoms with E-state index in [1.165, 1.54) is 0 Å². The number of nitrogens with one attached hydrogen (secondary N) is 2. The van der Waals surface area contributed by atoms with Crippen LogP contribution in [-0.2, 0) is 13.7 Å². The molecule has 1 amide bonds. The second-order valence-electron chi connectivity index (χ2n) is 7.48. The molecule has 0 unspecified atom stereocenters.